The third-order valence-corrected chi connectivity index (χ3v) is 3.34. The van der Waals surface area contributed by atoms with Crippen molar-refractivity contribution in [3.63, 3.8) is 0 Å². The number of carbonyl (C=O) groups is 1. The van der Waals surface area contributed by atoms with Gasteiger partial charge in [-0.05, 0) is 48.0 Å². The number of nitrogens with one attached hydrogen (secondary N) is 1. The second-order valence-corrected chi connectivity index (χ2v) is 4.98. The molecule has 3 rings (SSSR count). The van der Waals surface area contributed by atoms with E-state index in [1.54, 1.807) is 54.6 Å². The fraction of sp³-hybridized carbons (Fsp3) is 0.0588. The van der Waals surface area contributed by atoms with Gasteiger partial charge in [0, 0.05) is 12.0 Å². The van der Waals surface area contributed by atoms with Gasteiger partial charge in [0.1, 0.15) is 17.2 Å². The minimum atomic E-state index is -0.0804. The predicted octanol–water partition coefficient (Wildman–Crippen LogP) is 2.91. The average Bonchev–Trinajstić information content (AvgIpc) is 3.00. The van der Waals surface area contributed by atoms with Crippen molar-refractivity contribution in [2.75, 3.05) is 0 Å². The lowest BCUT2D eigenvalue weighted by Gasteiger charge is -1.99. The fourth-order valence-corrected chi connectivity index (χ4v) is 2.14. The molecule has 2 aromatic carbocycles. The number of carbonyl (C=O) groups excluding carboxylic acids is 1. The Bertz CT molecular complexity index is 790. The van der Waals surface area contributed by atoms with Crippen LogP contribution in [0.3, 0.4) is 0 Å². The first kappa shape index (κ1) is 13.9. The molecule has 0 spiro atoms. The van der Waals surface area contributed by atoms with Gasteiger partial charge in [-0.25, -0.2) is 0 Å². The van der Waals surface area contributed by atoms with E-state index in [-0.39, 0.29) is 23.7 Å². The summed E-state index contributed by atoms with van der Waals surface area (Å²) < 4.78 is 0. The number of rotatable bonds is 4. The highest BCUT2D eigenvalue weighted by molar-refractivity contribution is 5.96. The summed E-state index contributed by atoms with van der Waals surface area (Å²) in [4.78, 5) is 12.2. The van der Waals surface area contributed by atoms with Crippen LogP contribution in [0.25, 0.3) is 11.3 Å². The predicted molar refractivity (Wildman–Crippen MR) is 81.8 cm³/mol. The maximum Gasteiger partial charge on any atom is 0.184 e. The van der Waals surface area contributed by atoms with Gasteiger partial charge in [0.15, 0.2) is 5.78 Å². The molecule has 0 amide bonds. The van der Waals surface area contributed by atoms with Crippen molar-refractivity contribution in [3.8, 4) is 22.8 Å². The molecule has 0 unspecified atom stereocenters. The molecule has 3 aromatic rings. The number of phenolic OH excluding ortho intramolecular Hbond substituents is 2. The number of nitrogens with zero attached hydrogens (tertiary/aromatic N) is 1. The first-order valence-electron chi connectivity index (χ1n) is 6.78. The highest BCUT2D eigenvalue weighted by Crippen LogP contribution is 2.21. The summed E-state index contributed by atoms with van der Waals surface area (Å²) in [6.07, 6.45) is 0.234. The fourth-order valence-electron chi connectivity index (χ4n) is 2.14. The normalized spacial score (nSPS) is 10.5. The van der Waals surface area contributed by atoms with E-state index in [0.717, 1.165) is 11.1 Å². The molecule has 0 saturated heterocycles. The number of ketones is 1. The van der Waals surface area contributed by atoms with Crippen molar-refractivity contribution in [3.05, 3.63) is 65.9 Å². The van der Waals surface area contributed by atoms with Crippen LogP contribution in [0, 0.1) is 0 Å². The molecule has 110 valence electrons. The van der Waals surface area contributed by atoms with Crippen LogP contribution >= 0.6 is 0 Å². The molecule has 0 radical (unpaired) electrons. The standard InChI is InChI=1S/C17H14N2O3/c20-13-5-1-11(2-6-13)9-17(22)16-10-15(18-19-16)12-3-7-14(21)8-4-12/h1-8,10,20-21H,9H2,(H,18,19). The van der Waals surface area contributed by atoms with E-state index in [9.17, 15) is 15.0 Å². The SMILES string of the molecule is O=C(Cc1ccc(O)cc1)c1cc(-c2ccc(O)cc2)n[nH]1. The molecule has 0 saturated carbocycles. The first-order valence-corrected chi connectivity index (χ1v) is 6.78. The van der Waals surface area contributed by atoms with Gasteiger partial charge in [0.2, 0.25) is 0 Å². The van der Waals surface area contributed by atoms with Crippen molar-refractivity contribution in [1.82, 2.24) is 10.2 Å². The van der Waals surface area contributed by atoms with E-state index in [1.165, 1.54) is 0 Å². The Labute approximate surface area is 126 Å². The Balaban J connectivity index is 1.76. The minimum absolute atomic E-state index is 0.0804. The smallest absolute Gasteiger partial charge is 0.184 e. The summed E-state index contributed by atoms with van der Waals surface area (Å²) in [6, 6.07) is 14.8. The van der Waals surface area contributed by atoms with Gasteiger partial charge in [-0.3, -0.25) is 9.89 Å². The van der Waals surface area contributed by atoms with E-state index in [4.69, 9.17) is 0 Å². The summed E-state index contributed by atoms with van der Waals surface area (Å²) in [7, 11) is 0. The molecule has 1 heterocycles. The highest BCUT2D eigenvalue weighted by atomic mass is 16.3. The Kier molecular flexibility index (Phi) is 3.62. The molecule has 3 N–H and O–H groups in total. The topological polar surface area (TPSA) is 86.2 Å². The van der Waals surface area contributed by atoms with Crippen LogP contribution in [0.15, 0.2) is 54.6 Å². The van der Waals surface area contributed by atoms with Crippen LogP contribution < -0.4 is 0 Å². The quantitative estimate of drug-likeness (QED) is 0.646. The lowest BCUT2D eigenvalue weighted by atomic mass is 10.1. The zero-order valence-electron chi connectivity index (χ0n) is 11.7. The number of aromatic nitrogens is 2. The number of hydrogen-bond donors (Lipinski definition) is 3. The molecule has 1 aromatic heterocycles. The molecule has 0 atom stereocenters. The first-order chi connectivity index (χ1) is 10.6. The molecule has 0 aliphatic rings. The van der Waals surface area contributed by atoms with E-state index >= 15 is 0 Å². The van der Waals surface area contributed by atoms with E-state index in [1.807, 2.05) is 0 Å². The van der Waals surface area contributed by atoms with Crippen molar-refractivity contribution in [1.29, 1.82) is 0 Å². The van der Waals surface area contributed by atoms with Crippen molar-refractivity contribution < 1.29 is 15.0 Å². The Morgan fingerprint density at radius 2 is 1.55 bits per heavy atom. The molecule has 5 nitrogen and oxygen atoms in total. The molecule has 22 heavy (non-hydrogen) atoms. The van der Waals surface area contributed by atoms with Crippen LogP contribution in [-0.4, -0.2) is 26.2 Å². The average molecular weight is 294 g/mol. The minimum Gasteiger partial charge on any atom is -0.508 e. The number of hydrogen-bond acceptors (Lipinski definition) is 4. The van der Waals surface area contributed by atoms with Gasteiger partial charge in [0.05, 0.1) is 5.69 Å². The second kappa shape index (κ2) is 5.73. The second-order valence-electron chi connectivity index (χ2n) is 4.98. The zero-order chi connectivity index (χ0) is 15.5. The van der Waals surface area contributed by atoms with Crippen LogP contribution in [0.4, 0.5) is 0 Å². The Hall–Kier alpha value is -3.08. The highest BCUT2D eigenvalue weighted by Gasteiger charge is 2.12. The van der Waals surface area contributed by atoms with Crippen molar-refractivity contribution >= 4 is 5.78 Å². The van der Waals surface area contributed by atoms with Gasteiger partial charge >= 0.3 is 0 Å². The molecule has 0 aliphatic carbocycles. The maximum absolute atomic E-state index is 12.2. The van der Waals surface area contributed by atoms with E-state index in [2.05, 4.69) is 10.2 Å². The lowest BCUT2D eigenvalue weighted by Crippen LogP contribution is -2.03. The Morgan fingerprint density at radius 1 is 0.955 bits per heavy atom. The van der Waals surface area contributed by atoms with Crippen LogP contribution in [-0.2, 0) is 6.42 Å². The number of H-pyrrole nitrogens is 1. The van der Waals surface area contributed by atoms with Gasteiger partial charge in [-0.15, -0.1) is 0 Å². The van der Waals surface area contributed by atoms with Gasteiger partial charge in [0.25, 0.3) is 0 Å². The number of aromatic amines is 1. The summed E-state index contributed by atoms with van der Waals surface area (Å²) >= 11 is 0. The van der Waals surface area contributed by atoms with E-state index in [0.29, 0.717) is 11.4 Å². The molecule has 0 fully saturated rings. The largest absolute Gasteiger partial charge is 0.508 e. The molecule has 5 heteroatoms. The van der Waals surface area contributed by atoms with Gasteiger partial charge < -0.3 is 10.2 Å². The van der Waals surface area contributed by atoms with E-state index < -0.39 is 0 Å². The Morgan fingerprint density at radius 3 is 2.18 bits per heavy atom. The van der Waals surface area contributed by atoms with Gasteiger partial charge in [-0.1, -0.05) is 12.1 Å². The zero-order valence-corrected chi connectivity index (χ0v) is 11.7. The molecular weight excluding hydrogens is 280 g/mol. The number of phenols is 2. The summed E-state index contributed by atoms with van der Waals surface area (Å²) in [6.45, 7) is 0. The summed E-state index contributed by atoms with van der Waals surface area (Å²) in [5.74, 6) is 0.276. The maximum atomic E-state index is 12.2. The molecule has 0 aliphatic heterocycles. The number of Topliss-reactive ketones (excluding diaryl/α,β-unsaturated/α-hetero) is 1. The number of aromatic hydroxyl groups is 2. The van der Waals surface area contributed by atoms with Crippen molar-refractivity contribution in [2.45, 2.75) is 6.42 Å². The molecular formula is C17H14N2O3. The number of benzene rings is 2. The van der Waals surface area contributed by atoms with Crippen LogP contribution in [0.2, 0.25) is 0 Å². The third-order valence-electron chi connectivity index (χ3n) is 3.34. The monoisotopic (exact) mass is 294 g/mol. The molecule has 0 bridgehead atoms. The lowest BCUT2D eigenvalue weighted by molar-refractivity contribution is 0.0988. The summed E-state index contributed by atoms with van der Waals surface area (Å²) in [5.41, 5.74) is 2.71. The van der Waals surface area contributed by atoms with Crippen LogP contribution in [0.5, 0.6) is 11.5 Å². The summed E-state index contributed by atoms with van der Waals surface area (Å²) in [5, 5.41) is 25.4. The third kappa shape index (κ3) is 2.98. The van der Waals surface area contributed by atoms with Crippen LogP contribution in [0.1, 0.15) is 16.1 Å². The van der Waals surface area contributed by atoms with Crippen molar-refractivity contribution in [2.24, 2.45) is 0 Å². The van der Waals surface area contributed by atoms with Gasteiger partial charge in [-0.2, -0.15) is 5.10 Å².